The molecule has 0 spiro atoms. The summed E-state index contributed by atoms with van der Waals surface area (Å²) in [5.41, 5.74) is 7.01. The molecule has 0 aromatic heterocycles. The Labute approximate surface area is 328 Å². The van der Waals surface area contributed by atoms with Crippen molar-refractivity contribution >= 4 is 5.78 Å². The second kappa shape index (κ2) is 18.5. The van der Waals surface area contributed by atoms with Crippen LogP contribution in [0.5, 0.6) is 28.7 Å². The Morgan fingerprint density at radius 1 is 0.393 bits per heavy atom. The van der Waals surface area contributed by atoms with Gasteiger partial charge in [-0.1, -0.05) is 152 Å². The Kier molecular flexibility index (Phi) is 12.4. The van der Waals surface area contributed by atoms with Gasteiger partial charge in [0.05, 0.1) is 11.1 Å². The third kappa shape index (κ3) is 9.65. The zero-order valence-electron chi connectivity index (χ0n) is 31.7. The molecule has 0 aliphatic carbocycles. The molecule has 0 saturated heterocycles. The summed E-state index contributed by atoms with van der Waals surface area (Å²) in [6.07, 6.45) is 0. The molecular weight excluding hydrogens is 697 g/mol. The molecule has 56 heavy (non-hydrogen) atoms. The summed E-state index contributed by atoms with van der Waals surface area (Å²) in [4.78, 5) is 15.3. The van der Waals surface area contributed by atoms with Crippen molar-refractivity contribution in [3.05, 3.63) is 220 Å². The lowest BCUT2D eigenvalue weighted by Gasteiger charge is -2.22. The first kappa shape index (κ1) is 37.5. The average Bonchev–Trinajstić information content (AvgIpc) is 3.24. The van der Waals surface area contributed by atoms with E-state index in [2.05, 4.69) is 0 Å². The number of aryl methyl sites for hydroxylation is 1. The van der Waals surface area contributed by atoms with Crippen LogP contribution >= 0.6 is 0 Å². The summed E-state index contributed by atoms with van der Waals surface area (Å²) in [7, 11) is 0. The SMILES string of the molecule is Cc1cc(OCc2ccccc2)cc(OCc2ccccc2)c1C(=O)c1c(OCc2ccccc2)cc(OCc2ccccc2)c(OCc2ccccc2)c1C. The minimum absolute atomic E-state index is 0.242. The van der Waals surface area contributed by atoms with Crippen LogP contribution < -0.4 is 23.7 Å². The molecule has 6 heteroatoms. The number of hydrogen-bond acceptors (Lipinski definition) is 6. The van der Waals surface area contributed by atoms with Crippen molar-refractivity contribution in [2.45, 2.75) is 46.9 Å². The quantitative estimate of drug-likeness (QED) is 0.0866. The van der Waals surface area contributed by atoms with Crippen molar-refractivity contribution in [2.24, 2.45) is 0 Å². The summed E-state index contributed by atoms with van der Waals surface area (Å²) in [6, 6.07) is 55.1. The van der Waals surface area contributed by atoms with Crippen LogP contribution in [0, 0.1) is 13.8 Å². The fourth-order valence-electron chi connectivity index (χ4n) is 6.44. The van der Waals surface area contributed by atoms with Gasteiger partial charge in [0, 0.05) is 17.7 Å². The number of ketones is 1. The first-order valence-corrected chi connectivity index (χ1v) is 18.7. The predicted octanol–water partition coefficient (Wildman–Crippen LogP) is 11.4. The van der Waals surface area contributed by atoms with E-state index in [1.807, 2.05) is 172 Å². The largest absolute Gasteiger partial charge is 0.489 e. The molecule has 6 nitrogen and oxygen atoms in total. The highest BCUT2D eigenvalue weighted by molar-refractivity contribution is 6.14. The fourth-order valence-corrected chi connectivity index (χ4v) is 6.44. The van der Waals surface area contributed by atoms with E-state index in [-0.39, 0.29) is 25.6 Å². The monoisotopic (exact) mass is 740 g/mol. The molecule has 0 saturated carbocycles. The molecule has 280 valence electrons. The van der Waals surface area contributed by atoms with Crippen LogP contribution in [0.25, 0.3) is 0 Å². The maximum absolute atomic E-state index is 15.3. The smallest absolute Gasteiger partial charge is 0.201 e. The summed E-state index contributed by atoms with van der Waals surface area (Å²) in [5.74, 6) is 2.06. The topological polar surface area (TPSA) is 63.2 Å². The summed E-state index contributed by atoms with van der Waals surface area (Å²) in [6.45, 7) is 5.24. The van der Waals surface area contributed by atoms with Crippen molar-refractivity contribution in [3.63, 3.8) is 0 Å². The Morgan fingerprint density at radius 3 is 1.18 bits per heavy atom. The van der Waals surface area contributed by atoms with Gasteiger partial charge >= 0.3 is 0 Å². The van der Waals surface area contributed by atoms with Gasteiger partial charge in [0.2, 0.25) is 5.78 Å². The zero-order chi connectivity index (χ0) is 38.5. The van der Waals surface area contributed by atoms with Crippen molar-refractivity contribution in [1.29, 1.82) is 0 Å². The maximum Gasteiger partial charge on any atom is 0.201 e. The minimum atomic E-state index is -0.264. The molecule has 0 aliphatic rings. The molecule has 7 aromatic rings. The van der Waals surface area contributed by atoms with E-state index in [0.29, 0.717) is 64.2 Å². The number of rotatable bonds is 17. The lowest BCUT2D eigenvalue weighted by atomic mass is 9.93. The first-order valence-electron chi connectivity index (χ1n) is 18.7. The van der Waals surface area contributed by atoms with E-state index < -0.39 is 0 Å². The number of ether oxygens (including phenoxy) is 5. The lowest BCUT2D eigenvalue weighted by molar-refractivity contribution is 0.102. The second-order valence-corrected chi connectivity index (χ2v) is 13.5. The van der Waals surface area contributed by atoms with Crippen LogP contribution in [0.2, 0.25) is 0 Å². The Bertz CT molecular complexity index is 2330. The summed E-state index contributed by atoms with van der Waals surface area (Å²) < 4.78 is 32.4. The van der Waals surface area contributed by atoms with Crippen molar-refractivity contribution < 1.29 is 28.5 Å². The third-order valence-electron chi connectivity index (χ3n) is 9.36. The van der Waals surface area contributed by atoms with Crippen LogP contribution in [-0.2, 0) is 33.0 Å². The first-order chi connectivity index (χ1) is 27.5. The minimum Gasteiger partial charge on any atom is -0.489 e. The molecule has 0 unspecified atom stereocenters. The van der Waals surface area contributed by atoms with Gasteiger partial charge in [-0.2, -0.15) is 0 Å². The van der Waals surface area contributed by atoms with Gasteiger partial charge in [-0.15, -0.1) is 0 Å². The van der Waals surface area contributed by atoms with Gasteiger partial charge in [-0.25, -0.2) is 0 Å². The van der Waals surface area contributed by atoms with Gasteiger partial charge in [0.25, 0.3) is 0 Å². The molecule has 0 fully saturated rings. The fraction of sp³-hybridized carbons (Fsp3) is 0.140. The molecule has 0 amide bonds. The van der Waals surface area contributed by atoms with E-state index in [0.717, 1.165) is 27.8 Å². The molecule has 0 atom stereocenters. The van der Waals surface area contributed by atoms with E-state index in [1.54, 1.807) is 12.1 Å². The van der Waals surface area contributed by atoms with E-state index in [4.69, 9.17) is 23.7 Å². The molecule has 0 heterocycles. The predicted molar refractivity (Wildman–Crippen MR) is 220 cm³/mol. The van der Waals surface area contributed by atoms with Gasteiger partial charge in [-0.3, -0.25) is 4.79 Å². The summed E-state index contributed by atoms with van der Waals surface area (Å²) in [5, 5.41) is 0. The molecule has 0 radical (unpaired) electrons. The van der Waals surface area contributed by atoms with Crippen LogP contribution in [0.1, 0.15) is 54.9 Å². The van der Waals surface area contributed by atoms with Crippen LogP contribution in [0.4, 0.5) is 0 Å². The van der Waals surface area contributed by atoms with Gasteiger partial charge in [0.1, 0.15) is 50.3 Å². The highest BCUT2D eigenvalue weighted by atomic mass is 16.5. The third-order valence-corrected chi connectivity index (χ3v) is 9.36. The van der Waals surface area contributed by atoms with Gasteiger partial charge in [0.15, 0.2) is 11.5 Å². The van der Waals surface area contributed by atoms with Crippen molar-refractivity contribution in [2.75, 3.05) is 0 Å². The average molecular weight is 741 g/mol. The molecule has 7 aromatic carbocycles. The van der Waals surface area contributed by atoms with E-state index in [1.165, 1.54) is 0 Å². The van der Waals surface area contributed by atoms with Crippen LogP contribution in [-0.4, -0.2) is 5.78 Å². The molecule has 0 N–H and O–H groups in total. The number of hydrogen-bond donors (Lipinski definition) is 0. The Morgan fingerprint density at radius 2 is 0.750 bits per heavy atom. The standard InChI is InChI=1S/C50H44O6/c1-36-28-43(52-31-38-18-8-3-9-19-38)29-44(53-32-39-20-10-4-11-21-39)47(36)49(51)48-37(2)50(56-35-42-26-16-7-17-27-42)46(55-34-41-24-14-6-15-25-41)30-45(48)54-33-40-22-12-5-13-23-40/h3-30H,31-35H2,1-2H3. The number of benzene rings is 7. The molecular formula is C50H44O6. The van der Waals surface area contributed by atoms with Crippen LogP contribution in [0.15, 0.2) is 170 Å². The number of carbonyl (C=O) groups is 1. The van der Waals surface area contributed by atoms with Crippen molar-refractivity contribution in [1.82, 2.24) is 0 Å². The van der Waals surface area contributed by atoms with E-state index >= 15 is 4.79 Å². The van der Waals surface area contributed by atoms with Gasteiger partial charge < -0.3 is 23.7 Å². The second-order valence-electron chi connectivity index (χ2n) is 13.5. The normalized spacial score (nSPS) is 10.8. The van der Waals surface area contributed by atoms with Crippen LogP contribution in [0.3, 0.4) is 0 Å². The Hall–Kier alpha value is -6.79. The number of carbonyl (C=O) groups excluding carboxylic acids is 1. The molecule has 0 aliphatic heterocycles. The van der Waals surface area contributed by atoms with E-state index in [9.17, 15) is 0 Å². The molecule has 0 bridgehead atoms. The Balaban J connectivity index is 1.32. The van der Waals surface area contributed by atoms with Gasteiger partial charge in [-0.05, 0) is 53.3 Å². The summed E-state index contributed by atoms with van der Waals surface area (Å²) >= 11 is 0. The highest BCUT2D eigenvalue weighted by Gasteiger charge is 2.29. The molecule has 7 rings (SSSR count). The maximum atomic E-state index is 15.3. The highest BCUT2D eigenvalue weighted by Crippen LogP contribution is 2.43. The van der Waals surface area contributed by atoms with Crippen molar-refractivity contribution in [3.8, 4) is 28.7 Å². The zero-order valence-corrected chi connectivity index (χ0v) is 31.7. The lowest BCUT2D eigenvalue weighted by Crippen LogP contribution is -2.14.